The van der Waals surface area contributed by atoms with Gasteiger partial charge in [-0.05, 0) is 18.9 Å². The van der Waals surface area contributed by atoms with E-state index >= 15 is 0 Å². The van der Waals surface area contributed by atoms with E-state index in [9.17, 15) is 4.79 Å². The molecule has 21 heavy (non-hydrogen) atoms. The third-order valence-corrected chi connectivity index (χ3v) is 3.37. The molecule has 6 nitrogen and oxygen atoms in total. The fraction of sp³-hybridized carbons (Fsp3) is 0.333. The van der Waals surface area contributed by atoms with Gasteiger partial charge in [-0.2, -0.15) is 5.26 Å². The van der Waals surface area contributed by atoms with Gasteiger partial charge in [-0.15, -0.1) is 10.2 Å². The molecule has 0 radical (unpaired) electrons. The van der Waals surface area contributed by atoms with E-state index in [0.29, 0.717) is 24.7 Å². The van der Waals surface area contributed by atoms with Gasteiger partial charge in [0.25, 0.3) is 0 Å². The first-order valence-corrected chi connectivity index (χ1v) is 6.96. The second kappa shape index (κ2) is 5.75. The van der Waals surface area contributed by atoms with Crippen molar-refractivity contribution in [3.05, 3.63) is 30.0 Å². The molecule has 6 heteroatoms. The molecule has 0 unspecified atom stereocenters. The van der Waals surface area contributed by atoms with Crippen molar-refractivity contribution in [3.63, 3.8) is 0 Å². The van der Waals surface area contributed by atoms with Gasteiger partial charge in [-0.3, -0.25) is 4.79 Å². The summed E-state index contributed by atoms with van der Waals surface area (Å²) in [5, 5.41) is 24.0. The van der Waals surface area contributed by atoms with Crippen LogP contribution in [0.5, 0.6) is 0 Å². The lowest BCUT2D eigenvalue weighted by atomic mass is 10.1. The third-order valence-electron chi connectivity index (χ3n) is 3.37. The van der Waals surface area contributed by atoms with Crippen LogP contribution < -0.4 is 10.6 Å². The Bertz CT molecular complexity index is 718. The Morgan fingerprint density at radius 1 is 1.33 bits per heavy atom. The van der Waals surface area contributed by atoms with Gasteiger partial charge in [-0.25, -0.2) is 0 Å². The Hall–Kier alpha value is -2.68. The van der Waals surface area contributed by atoms with E-state index in [1.165, 1.54) is 0 Å². The van der Waals surface area contributed by atoms with E-state index in [0.717, 1.165) is 23.7 Å². The maximum atomic E-state index is 11.7. The van der Waals surface area contributed by atoms with Crippen molar-refractivity contribution in [1.29, 1.82) is 5.26 Å². The molecule has 1 aromatic carbocycles. The third kappa shape index (κ3) is 3.08. The quantitative estimate of drug-likeness (QED) is 0.868. The van der Waals surface area contributed by atoms with Crippen LogP contribution in [0.4, 0.5) is 5.69 Å². The van der Waals surface area contributed by atoms with E-state index in [-0.39, 0.29) is 11.6 Å². The molecule has 2 aromatic rings. The van der Waals surface area contributed by atoms with Gasteiger partial charge in [-0.1, -0.05) is 18.2 Å². The van der Waals surface area contributed by atoms with Crippen LogP contribution >= 0.6 is 0 Å². The zero-order valence-electron chi connectivity index (χ0n) is 11.5. The molecule has 0 atom stereocenters. The van der Waals surface area contributed by atoms with Crippen molar-refractivity contribution in [3.8, 4) is 6.07 Å². The normalized spacial score (nSPS) is 13.7. The van der Waals surface area contributed by atoms with Crippen LogP contribution in [0.15, 0.2) is 24.3 Å². The van der Waals surface area contributed by atoms with Crippen molar-refractivity contribution < 1.29 is 4.79 Å². The number of hydrogen-bond acceptors (Lipinski definition) is 5. The summed E-state index contributed by atoms with van der Waals surface area (Å²) in [4.78, 5) is 11.7. The molecule has 2 N–H and O–H groups in total. The second-order valence-corrected chi connectivity index (χ2v) is 5.07. The number of fused-ring (bicyclic) bond motifs is 1. The zero-order chi connectivity index (χ0) is 14.7. The van der Waals surface area contributed by atoms with Gasteiger partial charge in [0.15, 0.2) is 5.69 Å². The number of carbonyl (C=O) groups excluding carboxylic acids is 1. The highest BCUT2D eigenvalue weighted by atomic mass is 16.1. The molecule has 1 aliphatic carbocycles. The van der Waals surface area contributed by atoms with E-state index in [2.05, 4.69) is 20.8 Å². The summed E-state index contributed by atoms with van der Waals surface area (Å²) in [5.74, 6) is 0.0369. The fourth-order valence-corrected chi connectivity index (χ4v) is 2.14. The molecule has 0 saturated heterocycles. The Morgan fingerprint density at radius 3 is 2.90 bits per heavy atom. The maximum absolute atomic E-state index is 11.7. The highest BCUT2D eigenvalue weighted by molar-refractivity contribution is 5.92. The molecule has 106 valence electrons. The standard InChI is InChI=1S/C15H15N5O/c16-9-13-15(11-3-1-2-4-12(11)19-20-13)17-8-7-14(21)18-10-5-6-10/h1-4,10H,5-8H2,(H,17,19)(H,18,21). The van der Waals surface area contributed by atoms with Gasteiger partial charge < -0.3 is 10.6 Å². The lowest BCUT2D eigenvalue weighted by Gasteiger charge is -2.10. The molecule has 1 amide bonds. The first kappa shape index (κ1) is 13.3. The van der Waals surface area contributed by atoms with Crippen molar-refractivity contribution in [2.45, 2.75) is 25.3 Å². The minimum absolute atomic E-state index is 0.0369. The van der Waals surface area contributed by atoms with Gasteiger partial charge >= 0.3 is 0 Å². The van der Waals surface area contributed by atoms with E-state index in [4.69, 9.17) is 5.26 Å². The Morgan fingerprint density at radius 2 is 2.14 bits per heavy atom. The largest absolute Gasteiger partial charge is 0.382 e. The second-order valence-electron chi connectivity index (χ2n) is 5.07. The molecule has 1 aliphatic rings. The van der Waals surface area contributed by atoms with Crippen LogP contribution in [0, 0.1) is 11.3 Å². The first-order valence-electron chi connectivity index (χ1n) is 6.96. The number of hydrogen-bond donors (Lipinski definition) is 2. The van der Waals surface area contributed by atoms with Crippen LogP contribution in [0.2, 0.25) is 0 Å². The summed E-state index contributed by atoms with van der Waals surface area (Å²) in [6.07, 6.45) is 2.53. The van der Waals surface area contributed by atoms with Crippen LogP contribution in [0.1, 0.15) is 25.0 Å². The average molecular weight is 281 g/mol. The summed E-state index contributed by atoms with van der Waals surface area (Å²) < 4.78 is 0. The fourth-order valence-electron chi connectivity index (χ4n) is 2.14. The Kier molecular flexibility index (Phi) is 3.65. The molecule has 1 heterocycles. The number of nitrogens with zero attached hydrogens (tertiary/aromatic N) is 3. The number of anilines is 1. The summed E-state index contributed by atoms with van der Waals surface area (Å²) in [5.41, 5.74) is 1.61. The van der Waals surface area contributed by atoms with Crippen LogP contribution in [0.3, 0.4) is 0 Å². The van der Waals surface area contributed by atoms with Crippen LogP contribution in [0.25, 0.3) is 10.9 Å². The van der Waals surface area contributed by atoms with Crippen LogP contribution in [-0.2, 0) is 4.79 Å². The first-order chi connectivity index (χ1) is 10.3. The number of carbonyl (C=O) groups is 1. The molecule has 0 aliphatic heterocycles. The molecule has 3 rings (SSSR count). The topological polar surface area (TPSA) is 90.7 Å². The van der Waals surface area contributed by atoms with Crippen molar-refractivity contribution in [1.82, 2.24) is 15.5 Å². The monoisotopic (exact) mass is 281 g/mol. The molecule has 0 bridgehead atoms. The summed E-state index contributed by atoms with van der Waals surface area (Å²) in [6, 6.07) is 9.89. The molecule has 1 saturated carbocycles. The number of amides is 1. The molecular weight excluding hydrogens is 266 g/mol. The van der Waals surface area contributed by atoms with Crippen LogP contribution in [-0.4, -0.2) is 28.7 Å². The Balaban J connectivity index is 1.72. The maximum Gasteiger partial charge on any atom is 0.221 e. The average Bonchev–Trinajstić information content (AvgIpc) is 3.31. The summed E-state index contributed by atoms with van der Waals surface area (Å²) in [6.45, 7) is 0.461. The minimum atomic E-state index is 0.0369. The minimum Gasteiger partial charge on any atom is -0.382 e. The smallest absolute Gasteiger partial charge is 0.221 e. The number of benzene rings is 1. The van der Waals surface area contributed by atoms with Crippen molar-refractivity contribution in [2.75, 3.05) is 11.9 Å². The lowest BCUT2D eigenvalue weighted by molar-refractivity contribution is -0.120. The predicted octanol–water partition coefficient (Wildman–Crippen LogP) is 1.58. The number of aromatic nitrogens is 2. The van der Waals surface area contributed by atoms with E-state index in [1.807, 2.05) is 30.3 Å². The van der Waals surface area contributed by atoms with Gasteiger partial charge in [0.1, 0.15) is 6.07 Å². The zero-order valence-corrected chi connectivity index (χ0v) is 11.5. The van der Waals surface area contributed by atoms with E-state index < -0.39 is 0 Å². The SMILES string of the molecule is N#Cc1nnc2ccccc2c1NCCC(=O)NC1CC1. The number of rotatable bonds is 5. The Labute approximate surface area is 122 Å². The van der Waals surface area contributed by atoms with Gasteiger partial charge in [0.2, 0.25) is 5.91 Å². The summed E-state index contributed by atoms with van der Waals surface area (Å²) >= 11 is 0. The predicted molar refractivity (Wildman–Crippen MR) is 78.5 cm³/mol. The number of nitriles is 1. The highest BCUT2D eigenvalue weighted by Gasteiger charge is 2.22. The lowest BCUT2D eigenvalue weighted by Crippen LogP contribution is -2.27. The molecule has 1 aromatic heterocycles. The van der Waals surface area contributed by atoms with Crippen molar-refractivity contribution >= 4 is 22.5 Å². The number of nitrogens with one attached hydrogen (secondary N) is 2. The van der Waals surface area contributed by atoms with Gasteiger partial charge in [0, 0.05) is 24.4 Å². The van der Waals surface area contributed by atoms with Crippen molar-refractivity contribution in [2.24, 2.45) is 0 Å². The highest BCUT2D eigenvalue weighted by Crippen LogP contribution is 2.23. The summed E-state index contributed by atoms with van der Waals surface area (Å²) in [7, 11) is 0. The molecule has 0 spiro atoms. The van der Waals surface area contributed by atoms with Gasteiger partial charge in [0.05, 0.1) is 11.2 Å². The van der Waals surface area contributed by atoms with E-state index in [1.54, 1.807) is 0 Å². The molecular formula is C15H15N5O. The molecule has 1 fully saturated rings.